The van der Waals surface area contributed by atoms with Crippen molar-refractivity contribution < 1.29 is 9.53 Å². The van der Waals surface area contributed by atoms with E-state index in [1.807, 2.05) is 13.8 Å². The van der Waals surface area contributed by atoms with Gasteiger partial charge in [0, 0.05) is 6.04 Å². The first kappa shape index (κ1) is 13.5. The van der Waals surface area contributed by atoms with Gasteiger partial charge in [-0.2, -0.15) is 0 Å². The number of rotatable bonds is 3. The maximum Gasteiger partial charge on any atom is 0.310 e. The SMILES string of the molecule is CC(N)C(C)C(=O)OC1CCC(C)(C)CC1. The number of carbonyl (C=O) groups excluding carboxylic acids is 1. The van der Waals surface area contributed by atoms with Gasteiger partial charge in [-0.1, -0.05) is 20.8 Å². The molecule has 0 aromatic heterocycles. The zero-order valence-electron chi connectivity index (χ0n) is 11.0. The fraction of sp³-hybridized carbons (Fsp3) is 0.923. The third-order valence-corrected chi connectivity index (χ3v) is 3.73. The van der Waals surface area contributed by atoms with Crippen LogP contribution in [0, 0.1) is 11.3 Å². The van der Waals surface area contributed by atoms with Crippen molar-refractivity contribution in [2.75, 3.05) is 0 Å². The lowest BCUT2D eigenvalue weighted by Gasteiger charge is -2.34. The van der Waals surface area contributed by atoms with Crippen LogP contribution in [0.25, 0.3) is 0 Å². The highest BCUT2D eigenvalue weighted by molar-refractivity contribution is 5.72. The Morgan fingerprint density at radius 1 is 1.31 bits per heavy atom. The highest BCUT2D eigenvalue weighted by Crippen LogP contribution is 2.36. The van der Waals surface area contributed by atoms with E-state index >= 15 is 0 Å². The van der Waals surface area contributed by atoms with E-state index in [0.717, 1.165) is 25.7 Å². The molecule has 2 atom stereocenters. The first-order valence-corrected chi connectivity index (χ1v) is 6.28. The van der Waals surface area contributed by atoms with E-state index in [1.54, 1.807) is 0 Å². The minimum atomic E-state index is -0.199. The Kier molecular flexibility index (Phi) is 4.36. The van der Waals surface area contributed by atoms with Crippen LogP contribution in [0.5, 0.6) is 0 Å². The van der Waals surface area contributed by atoms with Crippen LogP contribution in [-0.4, -0.2) is 18.1 Å². The van der Waals surface area contributed by atoms with Gasteiger partial charge in [-0.25, -0.2) is 0 Å². The van der Waals surface area contributed by atoms with Gasteiger partial charge in [-0.15, -0.1) is 0 Å². The van der Waals surface area contributed by atoms with Crippen molar-refractivity contribution in [3.63, 3.8) is 0 Å². The molecule has 1 rings (SSSR count). The van der Waals surface area contributed by atoms with Crippen LogP contribution in [0.1, 0.15) is 53.4 Å². The summed E-state index contributed by atoms with van der Waals surface area (Å²) in [6.45, 7) is 8.22. The molecule has 1 aliphatic carbocycles. The van der Waals surface area contributed by atoms with E-state index in [0.29, 0.717) is 5.41 Å². The van der Waals surface area contributed by atoms with E-state index in [1.165, 1.54) is 0 Å². The summed E-state index contributed by atoms with van der Waals surface area (Å²) in [4.78, 5) is 11.7. The molecule has 2 unspecified atom stereocenters. The van der Waals surface area contributed by atoms with Gasteiger partial charge in [-0.05, 0) is 38.0 Å². The molecule has 1 aliphatic rings. The monoisotopic (exact) mass is 227 g/mol. The molecule has 94 valence electrons. The second kappa shape index (κ2) is 5.17. The number of esters is 1. The third kappa shape index (κ3) is 3.78. The van der Waals surface area contributed by atoms with Crippen LogP contribution >= 0.6 is 0 Å². The second-order valence-electron chi connectivity index (χ2n) is 5.95. The molecular weight excluding hydrogens is 202 g/mol. The molecular formula is C13H25NO2. The molecule has 1 fully saturated rings. The minimum Gasteiger partial charge on any atom is -0.462 e. The lowest BCUT2D eigenvalue weighted by Crippen LogP contribution is -2.35. The van der Waals surface area contributed by atoms with Gasteiger partial charge in [0.25, 0.3) is 0 Å². The Labute approximate surface area is 98.7 Å². The van der Waals surface area contributed by atoms with Crippen molar-refractivity contribution in [2.24, 2.45) is 17.1 Å². The summed E-state index contributed by atoms with van der Waals surface area (Å²) in [6, 6.07) is -0.132. The molecule has 0 bridgehead atoms. The van der Waals surface area contributed by atoms with E-state index in [4.69, 9.17) is 10.5 Å². The summed E-state index contributed by atoms with van der Waals surface area (Å²) in [7, 11) is 0. The summed E-state index contributed by atoms with van der Waals surface area (Å²) in [5, 5.41) is 0. The molecule has 0 aromatic rings. The summed E-state index contributed by atoms with van der Waals surface area (Å²) in [5.41, 5.74) is 6.10. The van der Waals surface area contributed by atoms with Gasteiger partial charge in [-0.3, -0.25) is 4.79 Å². The maximum absolute atomic E-state index is 11.7. The van der Waals surface area contributed by atoms with E-state index < -0.39 is 0 Å². The summed E-state index contributed by atoms with van der Waals surface area (Å²) in [6.07, 6.45) is 4.37. The molecule has 0 aromatic carbocycles. The van der Waals surface area contributed by atoms with Gasteiger partial charge < -0.3 is 10.5 Å². The standard InChI is InChI=1S/C13H25NO2/c1-9(10(2)14)12(15)16-11-5-7-13(3,4)8-6-11/h9-11H,5-8,14H2,1-4H3. The quantitative estimate of drug-likeness (QED) is 0.754. The number of ether oxygens (including phenoxy) is 1. The number of carbonyl (C=O) groups is 1. The smallest absolute Gasteiger partial charge is 0.310 e. The predicted molar refractivity (Wildman–Crippen MR) is 64.9 cm³/mol. The average molecular weight is 227 g/mol. The van der Waals surface area contributed by atoms with Gasteiger partial charge in [0.2, 0.25) is 0 Å². The molecule has 3 heteroatoms. The third-order valence-electron chi connectivity index (χ3n) is 3.73. The lowest BCUT2D eigenvalue weighted by atomic mass is 9.76. The Bertz CT molecular complexity index is 238. The van der Waals surface area contributed by atoms with Gasteiger partial charge in [0.05, 0.1) is 5.92 Å². The molecule has 0 heterocycles. The van der Waals surface area contributed by atoms with Crippen LogP contribution in [-0.2, 0) is 9.53 Å². The highest BCUT2D eigenvalue weighted by atomic mass is 16.5. The van der Waals surface area contributed by atoms with Gasteiger partial charge in [0.15, 0.2) is 0 Å². The summed E-state index contributed by atoms with van der Waals surface area (Å²) >= 11 is 0. The normalized spacial score (nSPS) is 24.8. The Balaban J connectivity index is 2.37. The molecule has 16 heavy (non-hydrogen) atoms. The molecule has 0 radical (unpaired) electrons. The predicted octanol–water partition coefficient (Wildman–Crippen LogP) is 2.48. The van der Waals surface area contributed by atoms with Crippen molar-refractivity contribution in [3.05, 3.63) is 0 Å². The highest BCUT2D eigenvalue weighted by Gasteiger charge is 2.30. The molecule has 0 aliphatic heterocycles. The van der Waals surface area contributed by atoms with Crippen LogP contribution in [0.15, 0.2) is 0 Å². The van der Waals surface area contributed by atoms with Crippen LogP contribution < -0.4 is 5.73 Å². The molecule has 3 nitrogen and oxygen atoms in total. The zero-order chi connectivity index (χ0) is 12.3. The second-order valence-corrected chi connectivity index (χ2v) is 5.95. The number of nitrogens with two attached hydrogens (primary N) is 1. The van der Waals surface area contributed by atoms with Gasteiger partial charge in [0.1, 0.15) is 6.10 Å². The Hall–Kier alpha value is -0.570. The van der Waals surface area contributed by atoms with Crippen LogP contribution in [0.4, 0.5) is 0 Å². The lowest BCUT2D eigenvalue weighted by molar-refractivity contribution is -0.156. The van der Waals surface area contributed by atoms with Crippen molar-refractivity contribution in [2.45, 2.75) is 65.5 Å². The fourth-order valence-electron chi connectivity index (χ4n) is 1.98. The van der Waals surface area contributed by atoms with Crippen molar-refractivity contribution in [1.82, 2.24) is 0 Å². The van der Waals surface area contributed by atoms with Crippen LogP contribution in [0.3, 0.4) is 0 Å². The average Bonchev–Trinajstić information content (AvgIpc) is 2.19. The largest absolute Gasteiger partial charge is 0.462 e. The molecule has 0 amide bonds. The van der Waals surface area contributed by atoms with E-state index in [2.05, 4.69) is 13.8 Å². The topological polar surface area (TPSA) is 52.3 Å². The first-order chi connectivity index (χ1) is 7.32. The summed E-state index contributed by atoms with van der Waals surface area (Å²) in [5.74, 6) is -0.338. The van der Waals surface area contributed by atoms with Crippen LogP contribution in [0.2, 0.25) is 0 Å². The van der Waals surface area contributed by atoms with E-state index in [9.17, 15) is 4.79 Å². The maximum atomic E-state index is 11.7. The van der Waals surface area contributed by atoms with Gasteiger partial charge >= 0.3 is 5.97 Å². The van der Waals surface area contributed by atoms with E-state index in [-0.39, 0.29) is 24.0 Å². The Morgan fingerprint density at radius 2 is 1.81 bits per heavy atom. The number of hydrogen-bond donors (Lipinski definition) is 1. The first-order valence-electron chi connectivity index (χ1n) is 6.28. The minimum absolute atomic E-state index is 0.113. The molecule has 0 spiro atoms. The Morgan fingerprint density at radius 3 is 2.25 bits per heavy atom. The molecule has 1 saturated carbocycles. The zero-order valence-corrected chi connectivity index (χ0v) is 11.0. The fourth-order valence-corrected chi connectivity index (χ4v) is 1.98. The van der Waals surface area contributed by atoms with Crippen molar-refractivity contribution >= 4 is 5.97 Å². The molecule has 2 N–H and O–H groups in total. The van der Waals surface area contributed by atoms with Crippen molar-refractivity contribution in [1.29, 1.82) is 0 Å². The van der Waals surface area contributed by atoms with Crippen molar-refractivity contribution in [3.8, 4) is 0 Å². The molecule has 0 saturated heterocycles. The summed E-state index contributed by atoms with van der Waals surface area (Å²) < 4.78 is 5.49. The number of hydrogen-bond acceptors (Lipinski definition) is 3.